The molecule has 4 nitrogen and oxygen atoms in total. The number of nitrogens with zero attached hydrogens (tertiary/aromatic N) is 2. The summed E-state index contributed by atoms with van der Waals surface area (Å²) in [5.74, 6) is 2.48. The van der Waals surface area contributed by atoms with Gasteiger partial charge < -0.3 is 15.0 Å². The van der Waals surface area contributed by atoms with Crippen LogP contribution in [0.15, 0.2) is 4.99 Å². The van der Waals surface area contributed by atoms with Crippen LogP contribution in [0.1, 0.15) is 26.7 Å². The van der Waals surface area contributed by atoms with E-state index in [0.717, 1.165) is 38.2 Å². The first-order chi connectivity index (χ1) is 8.53. The zero-order valence-corrected chi connectivity index (χ0v) is 14.9. The third kappa shape index (κ3) is 4.77. The minimum Gasteiger partial charge on any atom is -0.381 e. The number of aliphatic imine (C=N–C) groups is 1. The first-order valence-electron chi connectivity index (χ1n) is 7.02. The number of nitrogens with one attached hydrogen (secondary N) is 1. The predicted molar refractivity (Wildman–Crippen MR) is 90.2 cm³/mol. The van der Waals surface area contributed by atoms with Gasteiger partial charge in [-0.05, 0) is 24.2 Å². The number of guanidine groups is 1. The highest BCUT2D eigenvalue weighted by molar-refractivity contribution is 14.0. The summed E-state index contributed by atoms with van der Waals surface area (Å²) >= 11 is 0. The van der Waals surface area contributed by atoms with Gasteiger partial charge in [-0.1, -0.05) is 13.8 Å². The molecule has 5 heteroatoms. The molecule has 2 fully saturated rings. The van der Waals surface area contributed by atoms with Crippen molar-refractivity contribution >= 4 is 29.9 Å². The molecule has 2 aliphatic rings. The van der Waals surface area contributed by atoms with Crippen molar-refractivity contribution in [3.05, 3.63) is 0 Å². The standard InChI is InChI=1S/C14H27N3O.HI/c1-14(2)7-12(14)8-16-13(15-3)17(4)9-11-5-6-18-10-11;/h11-12H,5-10H2,1-4H3,(H,15,16);1H. The Labute approximate surface area is 134 Å². The smallest absolute Gasteiger partial charge is 0.193 e. The maximum atomic E-state index is 5.42. The molecule has 0 spiro atoms. The molecule has 0 radical (unpaired) electrons. The van der Waals surface area contributed by atoms with Crippen LogP contribution in [0.5, 0.6) is 0 Å². The van der Waals surface area contributed by atoms with E-state index in [-0.39, 0.29) is 24.0 Å². The summed E-state index contributed by atoms with van der Waals surface area (Å²) in [6.45, 7) is 8.57. The quantitative estimate of drug-likeness (QED) is 0.461. The first kappa shape index (κ1) is 17.0. The molecular weight excluding hydrogens is 353 g/mol. The minimum absolute atomic E-state index is 0. The molecule has 1 saturated carbocycles. The van der Waals surface area contributed by atoms with Gasteiger partial charge in [-0.25, -0.2) is 0 Å². The third-order valence-corrected chi connectivity index (χ3v) is 4.35. The van der Waals surface area contributed by atoms with Gasteiger partial charge in [0, 0.05) is 39.7 Å². The van der Waals surface area contributed by atoms with Gasteiger partial charge in [-0.2, -0.15) is 0 Å². The van der Waals surface area contributed by atoms with E-state index in [1.807, 2.05) is 7.05 Å². The van der Waals surface area contributed by atoms with E-state index in [0.29, 0.717) is 11.3 Å². The number of halogens is 1. The van der Waals surface area contributed by atoms with Crippen LogP contribution in [0.2, 0.25) is 0 Å². The normalized spacial score (nSPS) is 28.7. The second-order valence-electron chi connectivity index (χ2n) is 6.43. The Balaban J connectivity index is 0.00000180. The van der Waals surface area contributed by atoms with Crippen LogP contribution in [0.3, 0.4) is 0 Å². The zero-order chi connectivity index (χ0) is 13.2. The van der Waals surface area contributed by atoms with E-state index in [9.17, 15) is 0 Å². The number of ether oxygens (including phenoxy) is 1. The molecule has 1 aliphatic carbocycles. The molecule has 0 aromatic carbocycles. The summed E-state index contributed by atoms with van der Waals surface area (Å²) in [6.07, 6.45) is 2.51. The Morgan fingerprint density at radius 2 is 2.16 bits per heavy atom. The Hall–Kier alpha value is -0.0400. The van der Waals surface area contributed by atoms with E-state index < -0.39 is 0 Å². The zero-order valence-electron chi connectivity index (χ0n) is 12.6. The largest absolute Gasteiger partial charge is 0.381 e. The molecular formula is C14H28IN3O. The summed E-state index contributed by atoms with van der Waals surface area (Å²) in [6, 6.07) is 0. The van der Waals surface area contributed by atoms with Gasteiger partial charge in [0.15, 0.2) is 5.96 Å². The molecule has 2 atom stereocenters. The summed E-state index contributed by atoms with van der Waals surface area (Å²) in [5.41, 5.74) is 0.531. The van der Waals surface area contributed by atoms with Crippen molar-refractivity contribution in [3.8, 4) is 0 Å². The summed E-state index contributed by atoms with van der Waals surface area (Å²) in [5, 5.41) is 3.50. The Bertz CT molecular complexity index is 314. The molecule has 19 heavy (non-hydrogen) atoms. The lowest BCUT2D eigenvalue weighted by atomic mass is 10.1. The van der Waals surface area contributed by atoms with E-state index in [4.69, 9.17) is 4.74 Å². The van der Waals surface area contributed by atoms with Crippen molar-refractivity contribution < 1.29 is 4.74 Å². The highest BCUT2D eigenvalue weighted by Gasteiger charge is 2.45. The van der Waals surface area contributed by atoms with Crippen LogP contribution < -0.4 is 5.32 Å². The van der Waals surface area contributed by atoms with Gasteiger partial charge in [-0.15, -0.1) is 24.0 Å². The number of hydrogen-bond acceptors (Lipinski definition) is 2. The van der Waals surface area contributed by atoms with Gasteiger partial charge in [0.2, 0.25) is 0 Å². The molecule has 2 unspecified atom stereocenters. The summed E-state index contributed by atoms with van der Waals surface area (Å²) < 4.78 is 5.42. The highest BCUT2D eigenvalue weighted by atomic mass is 127. The lowest BCUT2D eigenvalue weighted by molar-refractivity contribution is 0.181. The maximum Gasteiger partial charge on any atom is 0.193 e. The van der Waals surface area contributed by atoms with Gasteiger partial charge in [0.1, 0.15) is 0 Å². The van der Waals surface area contributed by atoms with Crippen LogP contribution in [0.25, 0.3) is 0 Å². The fraction of sp³-hybridized carbons (Fsp3) is 0.929. The van der Waals surface area contributed by atoms with Crippen LogP contribution in [0.4, 0.5) is 0 Å². The molecule has 1 N–H and O–H groups in total. The molecule has 1 aliphatic heterocycles. The van der Waals surface area contributed by atoms with Crippen LogP contribution >= 0.6 is 24.0 Å². The van der Waals surface area contributed by atoms with E-state index in [1.54, 1.807) is 0 Å². The molecule has 0 aromatic rings. The maximum absolute atomic E-state index is 5.42. The second kappa shape index (κ2) is 7.11. The van der Waals surface area contributed by atoms with Gasteiger partial charge >= 0.3 is 0 Å². The Morgan fingerprint density at radius 3 is 2.63 bits per heavy atom. The van der Waals surface area contributed by atoms with Crippen LogP contribution in [0, 0.1) is 17.3 Å². The summed E-state index contributed by atoms with van der Waals surface area (Å²) in [7, 11) is 3.98. The highest BCUT2D eigenvalue weighted by Crippen LogP contribution is 2.50. The van der Waals surface area contributed by atoms with Crippen molar-refractivity contribution in [2.75, 3.05) is 40.4 Å². The van der Waals surface area contributed by atoms with Crippen molar-refractivity contribution in [1.29, 1.82) is 0 Å². The van der Waals surface area contributed by atoms with Crippen LogP contribution in [-0.4, -0.2) is 51.3 Å². The van der Waals surface area contributed by atoms with E-state index in [2.05, 4.69) is 36.1 Å². The van der Waals surface area contributed by atoms with Crippen molar-refractivity contribution in [1.82, 2.24) is 10.2 Å². The van der Waals surface area contributed by atoms with Gasteiger partial charge in [-0.3, -0.25) is 4.99 Å². The molecule has 1 saturated heterocycles. The minimum atomic E-state index is 0. The second-order valence-corrected chi connectivity index (χ2v) is 6.43. The Kier molecular flexibility index (Phi) is 6.36. The first-order valence-corrected chi connectivity index (χ1v) is 7.02. The molecule has 0 aromatic heterocycles. The predicted octanol–water partition coefficient (Wildman–Crippen LogP) is 2.19. The third-order valence-electron chi connectivity index (χ3n) is 4.35. The molecule has 112 valence electrons. The molecule has 2 rings (SSSR count). The van der Waals surface area contributed by atoms with Crippen molar-refractivity contribution in [3.63, 3.8) is 0 Å². The SMILES string of the molecule is CN=C(NCC1CC1(C)C)N(C)CC1CCOC1.I. The number of rotatable bonds is 4. The van der Waals surface area contributed by atoms with E-state index in [1.165, 1.54) is 12.8 Å². The fourth-order valence-corrected chi connectivity index (χ4v) is 2.72. The monoisotopic (exact) mass is 381 g/mol. The molecule has 0 amide bonds. The molecule has 1 heterocycles. The van der Waals surface area contributed by atoms with Gasteiger partial charge in [0.25, 0.3) is 0 Å². The van der Waals surface area contributed by atoms with Crippen molar-refractivity contribution in [2.24, 2.45) is 22.2 Å². The fourth-order valence-electron chi connectivity index (χ4n) is 2.72. The lowest BCUT2D eigenvalue weighted by Gasteiger charge is -2.24. The topological polar surface area (TPSA) is 36.9 Å². The number of hydrogen-bond donors (Lipinski definition) is 1. The molecule has 0 bridgehead atoms. The summed E-state index contributed by atoms with van der Waals surface area (Å²) in [4.78, 5) is 6.60. The lowest BCUT2D eigenvalue weighted by Crippen LogP contribution is -2.42. The van der Waals surface area contributed by atoms with Crippen molar-refractivity contribution in [2.45, 2.75) is 26.7 Å². The van der Waals surface area contributed by atoms with Gasteiger partial charge in [0.05, 0.1) is 6.61 Å². The van der Waals surface area contributed by atoms with E-state index >= 15 is 0 Å². The average molecular weight is 381 g/mol. The Morgan fingerprint density at radius 1 is 1.47 bits per heavy atom. The van der Waals surface area contributed by atoms with Crippen LogP contribution in [-0.2, 0) is 4.74 Å². The average Bonchev–Trinajstić information content (AvgIpc) is 2.74.